The van der Waals surface area contributed by atoms with E-state index in [2.05, 4.69) is 13.8 Å². The van der Waals surface area contributed by atoms with Crippen LogP contribution in [0.15, 0.2) is 0 Å². The third kappa shape index (κ3) is 6.04. The van der Waals surface area contributed by atoms with Crippen molar-refractivity contribution in [3.05, 3.63) is 0 Å². The Hall–Kier alpha value is -0.700. The highest BCUT2D eigenvalue weighted by Crippen LogP contribution is 2.07. The number of carbonyl (C=O) groups excluding carboxylic acids is 1. The van der Waals surface area contributed by atoms with E-state index in [9.17, 15) is 4.79 Å². The Balaban J connectivity index is 3.49. The third-order valence-corrected chi connectivity index (χ3v) is 1.70. The standard InChI is InChI=1S/C9H18N2O/c1-7(2)5-8(11)3-4-9(12)6-10/h6-8,10H,3-5,11H2,1-2H3. The quantitative estimate of drug-likeness (QED) is 0.591. The molecule has 0 aromatic rings. The molecule has 0 radical (unpaired) electrons. The number of nitrogens with one attached hydrogen (secondary N) is 1. The fourth-order valence-electron chi connectivity index (χ4n) is 1.12. The van der Waals surface area contributed by atoms with Gasteiger partial charge in [0.05, 0.1) is 6.21 Å². The SMILES string of the molecule is CC(C)CC(N)CCC(=O)C=N. The molecule has 3 nitrogen and oxygen atoms in total. The van der Waals surface area contributed by atoms with Crippen LogP contribution in [-0.4, -0.2) is 18.0 Å². The van der Waals surface area contributed by atoms with Crippen LogP contribution in [-0.2, 0) is 4.79 Å². The van der Waals surface area contributed by atoms with Crippen molar-refractivity contribution < 1.29 is 4.79 Å². The molecule has 12 heavy (non-hydrogen) atoms. The zero-order valence-corrected chi connectivity index (χ0v) is 7.84. The molecule has 0 amide bonds. The molecule has 0 spiro atoms. The highest BCUT2D eigenvalue weighted by Gasteiger charge is 2.06. The first-order valence-corrected chi connectivity index (χ1v) is 4.35. The fraction of sp³-hybridized carbons (Fsp3) is 0.778. The number of carbonyl (C=O) groups is 1. The van der Waals surface area contributed by atoms with Crippen molar-refractivity contribution in [2.45, 2.75) is 39.2 Å². The van der Waals surface area contributed by atoms with Crippen LogP contribution in [0.5, 0.6) is 0 Å². The Morgan fingerprint density at radius 3 is 2.58 bits per heavy atom. The van der Waals surface area contributed by atoms with E-state index < -0.39 is 0 Å². The predicted molar refractivity (Wildman–Crippen MR) is 50.5 cm³/mol. The van der Waals surface area contributed by atoms with Gasteiger partial charge in [-0.1, -0.05) is 13.8 Å². The molecule has 0 aliphatic carbocycles. The molecule has 0 saturated heterocycles. The van der Waals surface area contributed by atoms with Gasteiger partial charge in [-0.2, -0.15) is 0 Å². The highest BCUT2D eigenvalue weighted by atomic mass is 16.1. The maximum atomic E-state index is 10.7. The molecule has 0 aromatic heterocycles. The van der Waals surface area contributed by atoms with Gasteiger partial charge < -0.3 is 11.1 Å². The van der Waals surface area contributed by atoms with Gasteiger partial charge in [-0.3, -0.25) is 4.79 Å². The van der Waals surface area contributed by atoms with Gasteiger partial charge in [0.2, 0.25) is 0 Å². The van der Waals surface area contributed by atoms with Crippen LogP contribution in [0.1, 0.15) is 33.1 Å². The van der Waals surface area contributed by atoms with Crippen LogP contribution in [0, 0.1) is 11.3 Å². The monoisotopic (exact) mass is 170 g/mol. The number of ketones is 1. The smallest absolute Gasteiger partial charge is 0.173 e. The summed E-state index contributed by atoms with van der Waals surface area (Å²) < 4.78 is 0. The summed E-state index contributed by atoms with van der Waals surface area (Å²) in [7, 11) is 0. The molecule has 0 heterocycles. The Morgan fingerprint density at radius 1 is 1.58 bits per heavy atom. The summed E-state index contributed by atoms with van der Waals surface area (Å²) in [5, 5.41) is 6.68. The van der Waals surface area contributed by atoms with Gasteiger partial charge in [0.15, 0.2) is 5.78 Å². The molecule has 0 fully saturated rings. The minimum Gasteiger partial charge on any atom is -0.328 e. The first-order chi connectivity index (χ1) is 5.56. The molecule has 0 aliphatic rings. The number of rotatable bonds is 6. The van der Waals surface area contributed by atoms with Gasteiger partial charge in [-0.05, 0) is 18.8 Å². The number of hydrogen-bond acceptors (Lipinski definition) is 3. The Bertz CT molecular complexity index is 155. The lowest BCUT2D eigenvalue weighted by atomic mass is 10.00. The summed E-state index contributed by atoms with van der Waals surface area (Å²) in [6.45, 7) is 4.22. The predicted octanol–water partition coefficient (Wildman–Crippen LogP) is 1.36. The zero-order valence-electron chi connectivity index (χ0n) is 7.84. The van der Waals surface area contributed by atoms with Crippen LogP contribution in [0.3, 0.4) is 0 Å². The van der Waals surface area contributed by atoms with E-state index in [1.165, 1.54) is 0 Å². The Kier molecular flexibility index (Phi) is 5.54. The highest BCUT2D eigenvalue weighted by molar-refractivity contribution is 6.26. The Labute approximate surface area is 73.8 Å². The number of nitrogens with two attached hydrogens (primary N) is 1. The molecular formula is C9H18N2O. The molecule has 3 N–H and O–H groups in total. The second-order valence-corrected chi connectivity index (χ2v) is 3.54. The van der Waals surface area contributed by atoms with Crippen LogP contribution in [0.4, 0.5) is 0 Å². The first kappa shape index (κ1) is 11.3. The van der Waals surface area contributed by atoms with Crippen molar-refractivity contribution in [3.8, 4) is 0 Å². The van der Waals surface area contributed by atoms with E-state index in [0.29, 0.717) is 18.8 Å². The maximum absolute atomic E-state index is 10.7. The fourth-order valence-corrected chi connectivity index (χ4v) is 1.12. The van der Waals surface area contributed by atoms with Crippen molar-refractivity contribution in [2.75, 3.05) is 0 Å². The van der Waals surface area contributed by atoms with Gasteiger partial charge in [-0.25, -0.2) is 0 Å². The van der Waals surface area contributed by atoms with Crippen LogP contribution >= 0.6 is 0 Å². The summed E-state index contributed by atoms with van der Waals surface area (Å²) in [5.41, 5.74) is 5.75. The van der Waals surface area contributed by atoms with E-state index in [1.54, 1.807) is 0 Å². The van der Waals surface area contributed by atoms with Gasteiger partial charge in [-0.15, -0.1) is 0 Å². The number of hydrogen-bond donors (Lipinski definition) is 2. The summed E-state index contributed by atoms with van der Waals surface area (Å²) in [6, 6.07) is 0.105. The molecule has 1 unspecified atom stereocenters. The van der Waals surface area contributed by atoms with Crippen molar-refractivity contribution in [1.82, 2.24) is 0 Å². The van der Waals surface area contributed by atoms with E-state index >= 15 is 0 Å². The van der Waals surface area contributed by atoms with Crippen LogP contribution in [0.2, 0.25) is 0 Å². The molecule has 1 atom stereocenters. The van der Waals surface area contributed by atoms with E-state index in [4.69, 9.17) is 11.1 Å². The van der Waals surface area contributed by atoms with Crippen LogP contribution in [0.25, 0.3) is 0 Å². The molecule has 0 aliphatic heterocycles. The molecule has 0 aromatic carbocycles. The van der Waals surface area contributed by atoms with Crippen molar-refractivity contribution in [2.24, 2.45) is 11.7 Å². The molecule has 0 rings (SSSR count). The van der Waals surface area contributed by atoms with E-state index in [-0.39, 0.29) is 11.8 Å². The van der Waals surface area contributed by atoms with Gasteiger partial charge >= 0.3 is 0 Å². The van der Waals surface area contributed by atoms with Gasteiger partial charge in [0.25, 0.3) is 0 Å². The zero-order chi connectivity index (χ0) is 9.56. The van der Waals surface area contributed by atoms with E-state index in [1.807, 2.05) is 0 Å². The molecule has 0 saturated carbocycles. The lowest BCUT2D eigenvalue weighted by molar-refractivity contribution is -0.112. The van der Waals surface area contributed by atoms with Crippen molar-refractivity contribution in [3.63, 3.8) is 0 Å². The second-order valence-electron chi connectivity index (χ2n) is 3.54. The van der Waals surface area contributed by atoms with Crippen LogP contribution < -0.4 is 5.73 Å². The van der Waals surface area contributed by atoms with Crippen molar-refractivity contribution in [1.29, 1.82) is 5.41 Å². The van der Waals surface area contributed by atoms with E-state index in [0.717, 1.165) is 12.6 Å². The summed E-state index contributed by atoms with van der Waals surface area (Å²) in [5.74, 6) is 0.448. The second kappa shape index (κ2) is 5.89. The molecule has 3 heteroatoms. The molecular weight excluding hydrogens is 152 g/mol. The molecule has 0 bridgehead atoms. The topological polar surface area (TPSA) is 66.9 Å². The lowest BCUT2D eigenvalue weighted by Gasteiger charge is -2.12. The minimum atomic E-state index is -0.130. The maximum Gasteiger partial charge on any atom is 0.173 e. The van der Waals surface area contributed by atoms with Gasteiger partial charge in [0, 0.05) is 12.5 Å². The summed E-state index contributed by atoms with van der Waals surface area (Å²) >= 11 is 0. The average molecular weight is 170 g/mol. The minimum absolute atomic E-state index is 0.105. The summed E-state index contributed by atoms with van der Waals surface area (Å²) in [4.78, 5) is 10.7. The average Bonchev–Trinajstić information content (AvgIpc) is 1.99. The first-order valence-electron chi connectivity index (χ1n) is 4.35. The Morgan fingerprint density at radius 2 is 2.17 bits per heavy atom. The normalized spacial score (nSPS) is 13.0. The third-order valence-electron chi connectivity index (χ3n) is 1.70. The lowest BCUT2D eigenvalue weighted by Crippen LogP contribution is -2.23. The van der Waals surface area contributed by atoms with Crippen molar-refractivity contribution >= 4 is 12.0 Å². The summed E-state index contributed by atoms with van der Waals surface area (Å²) in [6.07, 6.45) is 2.93. The van der Waals surface area contributed by atoms with Gasteiger partial charge in [0.1, 0.15) is 0 Å². The largest absolute Gasteiger partial charge is 0.328 e. The molecule has 70 valence electrons. The number of Topliss-reactive ketones (excluding diaryl/α,β-unsaturated/α-hetero) is 1.